The van der Waals surface area contributed by atoms with Gasteiger partial charge in [-0.15, -0.1) is 0 Å². The molecule has 1 aromatic heterocycles. The third-order valence-corrected chi connectivity index (χ3v) is 3.97. The minimum Gasteiger partial charge on any atom is -0.508 e. The molecule has 1 heterocycles. The van der Waals surface area contributed by atoms with Gasteiger partial charge >= 0.3 is 5.63 Å². The average molecular weight is 320 g/mol. The van der Waals surface area contributed by atoms with E-state index in [9.17, 15) is 15.0 Å². The van der Waals surface area contributed by atoms with Crippen LogP contribution in [-0.4, -0.2) is 10.2 Å². The number of phenols is 2. The molecule has 0 aliphatic rings. The lowest BCUT2D eigenvalue weighted by Crippen LogP contribution is -2.06. The lowest BCUT2D eigenvalue weighted by molar-refractivity contribution is 0.467. The Morgan fingerprint density at radius 2 is 1.62 bits per heavy atom. The number of phenolic OH excluding ortho intramolecular Hbond substituents is 2. The van der Waals surface area contributed by atoms with Crippen LogP contribution >= 0.6 is 0 Å². The molecule has 0 amide bonds. The maximum Gasteiger partial charge on any atom is 0.352 e. The molecule has 2 aromatic carbocycles. The molecule has 3 aromatic rings. The molecule has 0 saturated heterocycles. The van der Waals surface area contributed by atoms with Crippen molar-refractivity contribution in [3.05, 3.63) is 68.6 Å². The molecule has 24 heavy (non-hydrogen) atoms. The quantitative estimate of drug-likeness (QED) is 0.491. The van der Waals surface area contributed by atoms with Crippen LogP contribution in [0.4, 0.5) is 0 Å². The Bertz CT molecular complexity index is 1060. The molecule has 0 spiro atoms. The van der Waals surface area contributed by atoms with Crippen molar-refractivity contribution in [1.29, 1.82) is 0 Å². The molecule has 0 saturated carbocycles. The third kappa shape index (κ3) is 2.72. The lowest BCUT2D eigenvalue weighted by Gasteiger charge is -2.04. The van der Waals surface area contributed by atoms with Crippen LogP contribution in [0.15, 0.2) is 39.5 Å². The zero-order valence-corrected chi connectivity index (χ0v) is 13.6. The van der Waals surface area contributed by atoms with Gasteiger partial charge in [0, 0.05) is 17.0 Å². The summed E-state index contributed by atoms with van der Waals surface area (Å²) in [7, 11) is 0. The fourth-order valence-corrected chi connectivity index (χ4v) is 2.65. The number of aryl methyl sites for hydroxylation is 3. The van der Waals surface area contributed by atoms with Gasteiger partial charge in [0.1, 0.15) is 22.6 Å². The summed E-state index contributed by atoms with van der Waals surface area (Å²) in [5.74, 6) is 6.13. The smallest absolute Gasteiger partial charge is 0.352 e. The van der Waals surface area contributed by atoms with Gasteiger partial charge < -0.3 is 14.6 Å². The predicted octanol–water partition coefficient (Wildman–Crippen LogP) is 3.53. The van der Waals surface area contributed by atoms with E-state index in [1.165, 1.54) is 6.07 Å². The van der Waals surface area contributed by atoms with Crippen LogP contribution < -0.4 is 5.63 Å². The van der Waals surface area contributed by atoms with E-state index in [-0.39, 0.29) is 17.1 Å². The highest BCUT2D eigenvalue weighted by Crippen LogP contribution is 2.24. The molecule has 2 N–H and O–H groups in total. The largest absolute Gasteiger partial charge is 0.508 e. The van der Waals surface area contributed by atoms with Crippen LogP contribution in [0.5, 0.6) is 11.5 Å². The third-order valence-electron chi connectivity index (χ3n) is 3.97. The average Bonchev–Trinajstić information content (AvgIpc) is 2.51. The SMILES string of the molecule is Cc1cc(C#Cc2c(C)c3ccc(O)cc3oc2=O)cc(C)c1O. The van der Waals surface area contributed by atoms with Gasteiger partial charge in [0.15, 0.2) is 0 Å². The minimum atomic E-state index is -0.537. The van der Waals surface area contributed by atoms with Crippen molar-refractivity contribution in [2.75, 3.05) is 0 Å². The molecular weight excluding hydrogens is 304 g/mol. The van der Waals surface area contributed by atoms with Crippen LogP contribution in [-0.2, 0) is 0 Å². The highest BCUT2D eigenvalue weighted by atomic mass is 16.4. The van der Waals surface area contributed by atoms with E-state index in [0.717, 1.165) is 16.5 Å². The Labute approximate surface area is 139 Å². The number of fused-ring (bicyclic) bond motifs is 1. The van der Waals surface area contributed by atoms with Gasteiger partial charge in [-0.3, -0.25) is 0 Å². The normalized spacial score (nSPS) is 10.5. The van der Waals surface area contributed by atoms with Gasteiger partial charge in [0.2, 0.25) is 0 Å². The first kappa shape index (κ1) is 15.7. The molecule has 0 bridgehead atoms. The fraction of sp³-hybridized carbons (Fsp3) is 0.150. The van der Waals surface area contributed by atoms with E-state index in [0.29, 0.717) is 16.7 Å². The second-order valence-corrected chi connectivity index (χ2v) is 5.78. The molecule has 0 fully saturated rings. The van der Waals surface area contributed by atoms with E-state index in [1.807, 2.05) is 0 Å². The molecule has 0 unspecified atom stereocenters. The molecule has 0 aliphatic carbocycles. The highest BCUT2D eigenvalue weighted by Gasteiger charge is 2.10. The van der Waals surface area contributed by atoms with Crippen molar-refractivity contribution >= 4 is 11.0 Å². The van der Waals surface area contributed by atoms with Crippen molar-refractivity contribution < 1.29 is 14.6 Å². The van der Waals surface area contributed by atoms with Gasteiger partial charge in [0.25, 0.3) is 0 Å². The lowest BCUT2D eigenvalue weighted by atomic mass is 10.0. The number of rotatable bonds is 0. The van der Waals surface area contributed by atoms with Crippen molar-refractivity contribution in [2.24, 2.45) is 0 Å². The first-order valence-corrected chi connectivity index (χ1v) is 7.45. The van der Waals surface area contributed by atoms with Crippen LogP contribution in [0.3, 0.4) is 0 Å². The van der Waals surface area contributed by atoms with Crippen molar-refractivity contribution in [1.82, 2.24) is 0 Å². The summed E-state index contributed by atoms with van der Waals surface area (Å²) in [5.41, 5.74) is 2.98. The molecule has 4 heteroatoms. The van der Waals surface area contributed by atoms with Crippen LogP contribution in [0.2, 0.25) is 0 Å². The fourth-order valence-electron chi connectivity index (χ4n) is 2.65. The molecule has 3 rings (SSSR count). The summed E-state index contributed by atoms with van der Waals surface area (Å²) in [5, 5.41) is 20.0. The van der Waals surface area contributed by atoms with E-state index in [2.05, 4.69) is 11.8 Å². The molecule has 4 nitrogen and oxygen atoms in total. The van der Waals surface area contributed by atoms with Crippen LogP contribution in [0.25, 0.3) is 11.0 Å². The Morgan fingerprint density at radius 3 is 2.29 bits per heavy atom. The summed E-state index contributed by atoms with van der Waals surface area (Å²) in [6.45, 7) is 5.40. The number of benzene rings is 2. The first-order valence-electron chi connectivity index (χ1n) is 7.45. The summed E-state index contributed by atoms with van der Waals surface area (Å²) >= 11 is 0. The van der Waals surface area contributed by atoms with Gasteiger partial charge in [-0.25, -0.2) is 4.79 Å². The van der Waals surface area contributed by atoms with Crippen LogP contribution in [0, 0.1) is 32.6 Å². The number of hydrogen-bond acceptors (Lipinski definition) is 4. The van der Waals surface area contributed by atoms with E-state index >= 15 is 0 Å². The molecule has 0 atom stereocenters. The van der Waals surface area contributed by atoms with Crippen LogP contribution in [0.1, 0.15) is 27.8 Å². The summed E-state index contributed by atoms with van der Waals surface area (Å²) in [6.07, 6.45) is 0. The predicted molar refractivity (Wildman–Crippen MR) is 92.4 cm³/mol. The monoisotopic (exact) mass is 320 g/mol. The number of hydrogen-bond donors (Lipinski definition) is 2. The first-order chi connectivity index (χ1) is 11.4. The van der Waals surface area contributed by atoms with Gasteiger partial charge in [-0.05, 0) is 61.7 Å². The summed E-state index contributed by atoms with van der Waals surface area (Å²) in [4.78, 5) is 12.2. The Kier molecular flexibility index (Phi) is 3.78. The standard InChI is InChI=1S/C20H16O4/c1-11-8-14(9-12(2)19(11)22)4-6-17-13(3)16-7-5-15(21)10-18(16)24-20(17)23/h5,7-10,21-22H,1-3H3. The second-order valence-electron chi connectivity index (χ2n) is 5.78. The van der Waals surface area contributed by atoms with Gasteiger partial charge in [0.05, 0.1) is 0 Å². The Hall–Kier alpha value is -3.19. The maximum absolute atomic E-state index is 12.2. The minimum absolute atomic E-state index is 0.0407. The van der Waals surface area contributed by atoms with Crippen molar-refractivity contribution in [3.63, 3.8) is 0 Å². The second kappa shape index (κ2) is 5.78. The van der Waals surface area contributed by atoms with Gasteiger partial charge in [-0.1, -0.05) is 11.8 Å². The van der Waals surface area contributed by atoms with E-state index in [4.69, 9.17) is 4.42 Å². The zero-order chi connectivity index (χ0) is 17.4. The zero-order valence-electron chi connectivity index (χ0n) is 13.6. The van der Waals surface area contributed by atoms with E-state index < -0.39 is 5.63 Å². The highest BCUT2D eigenvalue weighted by molar-refractivity contribution is 5.83. The maximum atomic E-state index is 12.2. The topological polar surface area (TPSA) is 70.7 Å². The Balaban J connectivity index is 2.15. The molecule has 120 valence electrons. The molecule has 0 radical (unpaired) electrons. The van der Waals surface area contributed by atoms with Crippen molar-refractivity contribution in [3.8, 4) is 23.3 Å². The molecular formula is C20H16O4. The summed E-state index contributed by atoms with van der Waals surface area (Å²) in [6, 6.07) is 8.19. The van der Waals surface area contributed by atoms with E-state index in [1.54, 1.807) is 45.0 Å². The molecule has 0 aliphatic heterocycles. The number of aromatic hydroxyl groups is 2. The summed E-state index contributed by atoms with van der Waals surface area (Å²) < 4.78 is 5.25. The van der Waals surface area contributed by atoms with Crippen molar-refractivity contribution in [2.45, 2.75) is 20.8 Å². The van der Waals surface area contributed by atoms with Gasteiger partial charge in [-0.2, -0.15) is 0 Å². The Morgan fingerprint density at radius 1 is 0.958 bits per heavy atom.